The molecule has 1 amide bonds. The van der Waals surface area contributed by atoms with Crippen molar-refractivity contribution in [2.24, 2.45) is 7.05 Å². The van der Waals surface area contributed by atoms with Crippen LogP contribution in [0.2, 0.25) is 5.02 Å². The predicted molar refractivity (Wildman–Crippen MR) is 110 cm³/mol. The van der Waals surface area contributed by atoms with Crippen molar-refractivity contribution in [1.82, 2.24) is 24.3 Å². The van der Waals surface area contributed by atoms with Crippen molar-refractivity contribution in [3.63, 3.8) is 0 Å². The van der Waals surface area contributed by atoms with Crippen LogP contribution in [0.3, 0.4) is 0 Å². The fraction of sp³-hybridized carbons (Fsp3) is 0.333. The van der Waals surface area contributed by atoms with Crippen LogP contribution in [0.25, 0.3) is 5.69 Å². The van der Waals surface area contributed by atoms with E-state index in [0.717, 1.165) is 35.0 Å². The highest BCUT2D eigenvalue weighted by molar-refractivity contribution is 6.30. The number of hydrogen-bond donors (Lipinski definition) is 1. The van der Waals surface area contributed by atoms with Gasteiger partial charge in [0.1, 0.15) is 11.9 Å². The summed E-state index contributed by atoms with van der Waals surface area (Å²) in [6, 6.07) is 9.57. The molecule has 7 heteroatoms. The molecule has 146 valence electrons. The SMILES string of the molecule is Cc1cc(C(=O)N2CCNCC2c2nccn2C)c(C)n1-c1cccc(Cl)c1. The number of piperazine rings is 1. The maximum atomic E-state index is 13.5. The van der Waals surface area contributed by atoms with Crippen LogP contribution in [-0.4, -0.2) is 44.6 Å². The lowest BCUT2D eigenvalue weighted by atomic mass is 10.1. The zero-order valence-corrected chi connectivity index (χ0v) is 17.1. The van der Waals surface area contributed by atoms with E-state index in [9.17, 15) is 4.79 Å². The van der Waals surface area contributed by atoms with Crippen molar-refractivity contribution in [3.05, 3.63) is 70.5 Å². The topological polar surface area (TPSA) is 55.1 Å². The summed E-state index contributed by atoms with van der Waals surface area (Å²) < 4.78 is 4.06. The van der Waals surface area contributed by atoms with Crippen molar-refractivity contribution in [2.75, 3.05) is 19.6 Å². The van der Waals surface area contributed by atoms with Gasteiger partial charge in [-0.3, -0.25) is 4.79 Å². The van der Waals surface area contributed by atoms with Gasteiger partial charge in [-0.1, -0.05) is 17.7 Å². The number of nitrogens with zero attached hydrogens (tertiary/aromatic N) is 4. The maximum absolute atomic E-state index is 13.5. The van der Waals surface area contributed by atoms with Gasteiger partial charge in [0.15, 0.2) is 0 Å². The van der Waals surface area contributed by atoms with Gasteiger partial charge in [0, 0.05) is 61.2 Å². The fourth-order valence-electron chi connectivity index (χ4n) is 4.02. The summed E-state index contributed by atoms with van der Waals surface area (Å²) in [5, 5.41) is 4.06. The smallest absolute Gasteiger partial charge is 0.256 e. The summed E-state index contributed by atoms with van der Waals surface area (Å²) in [6.07, 6.45) is 3.69. The van der Waals surface area contributed by atoms with E-state index in [2.05, 4.69) is 14.9 Å². The van der Waals surface area contributed by atoms with Gasteiger partial charge >= 0.3 is 0 Å². The van der Waals surface area contributed by atoms with Gasteiger partial charge in [-0.05, 0) is 38.1 Å². The Morgan fingerprint density at radius 1 is 1.29 bits per heavy atom. The molecular weight excluding hydrogens is 374 g/mol. The first-order valence-electron chi connectivity index (χ1n) is 9.41. The molecule has 0 bridgehead atoms. The number of amides is 1. The number of carbonyl (C=O) groups excluding carboxylic acids is 1. The van der Waals surface area contributed by atoms with Gasteiger partial charge in [0.2, 0.25) is 0 Å². The summed E-state index contributed by atoms with van der Waals surface area (Å²) in [7, 11) is 1.96. The molecule has 0 saturated carbocycles. The Morgan fingerprint density at radius 3 is 2.82 bits per heavy atom. The second kappa shape index (κ2) is 7.45. The largest absolute Gasteiger partial charge is 0.336 e. The van der Waals surface area contributed by atoms with E-state index in [1.54, 1.807) is 6.20 Å². The summed E-state index contributed by atoms with van der Waals surface area (Å²) in [5.41, 5.74) is 3.61. The second-order valence-corrected chi connectivity index (χ2v) is 7.65. The molecule has 1 aromatic carbocycles. The van der Waals surface area contributed by atoms with Crippen LogP contribution in [-0.2, 0) is 7.05 Å². The molecule has 28 heavy (non-hydrogen) atoms. The quantitative estimate of drug-likeness (QED) is 0.738. The van der Waals surface area contributed by atoms with Crippen LogP contribution in [0.15, 0.2) is 42.7 Å². The summed E-state index contributed by atoms with van der Waals surface area (Å²) in [5.74, 6) is 0.931. The molecule has 1 atom stereocenters. The van der Waals surface area contributed by atoms with Gasteiger partial charge in [-0.2, -0.15) is 0 Å². The molecule has 0 radical (unpaired) electrons. The first kappa shape index (κ1) is 18.8. The first-order chi connectivity index (χ1) is 13.5. The predicted octanol–water partition coefficient (Wildman–Crippen LogP) is 3.27. The molecule has 4 rings (SSSR count). The third-order valence-corrected chi connectivity index (χ3v) is 5.62. The standard InChI is InChI=1S/C21H24ClN5O/c1-14-11-18(15(2)27(14)17-6-4-5-16(22)12-17)21(28)26-10-7-23-13-19(26)20-24-8-9-25(20)3/h4-6,8-9,11-12,19,23H,7,10,13H2,1-3H3. The third kappa shape index (κ3) is 3.23. The minimum Gasteiger partial charge on any atom is -0.336 e. The lowest BCUT2D eigenvalue weighted by molar-refractivity contribution is 0.0620. The second-order valence-electron chi connectivity index (χ2n) is 7.21. The number of halogens is 1. The van der Waals surface area contributed by atoms with E-state index >= 15 is 0 Å². The van der Waals surface area contributed by atoms with Gasteiger partial charge in [-0.15, -0.1) is 0 Å². The van der Waals surface area contributed by atoms with E-state index in [0.29, 0.717) is 18.1 Å². The van der Waals surface area contributed by atoms with E-state index in [4.69, 9.17) is 11.6 Å². The van der Waals surface area contributed by atoms with Crippen LogP contribution >= 0.6 is 11.6 Å². The molecule has 1 N–H and O–H groups in total. The fourth-order valence-corrected chi connectivity index (χ4v) is 4.21. The number of nitrogens with one attached hydrogen (secondary N) is 1. The van der Waals surface area contributed by atoms with E-state index in [1.165, 1.54) is 0 Å². The molecule has 3 aromatic rings. The molecule has 1 unspecified atom stereocenters. The highest BCUT2D eigenvalue weighted by Gasteiger charge is 2.32. The molecule has 1 fully saturated rings. The summed E-state index contributed by atoms with van der Waals surface area (Å²) in [6.45, 7) is 6.12. The van der Waals surface area contributed by atoms with Gasteiger partial charge in [-0.25, -0.2) is 4.98 Å². The normalized spacial score (nSPS) is 17.1. The monoisotopic (exact) mass is 397 g/mol. The zero-order chi connectivity index (χ0) is 19.8. The van der Waals surface area contributed by atoms with Crippen LogP contribution in [0, 0.1) is 13.8 Å². The van der Waals surface area contributed by atoms with Crippen molar-refractivity contribution < 1.29 is 4.79 Å². The number of rotatable bonds is 3. The minimum atomic E-state index is -0.0875. The molecule has 6 nitrogen and oxygen atoms in total. The molecule has 3 heterocycles. The van der Waals surface area contributed by atoms with E-state index in [1.807, 2.05) is 66.9 Å². The number of aryl methyl sites for hydroxylation is 2. The lowest BCUT2D eigenvalue weighted by Gasteiger charge is -2.35. The van der Waals surface area contributed by atoms with Crippen molar-refractivity contribution in [3.8, 4) is 5.69 Å². The minimum absolute atomic E-state index is 0.0379. The Balaban J connectivity index is 1.72. The molecule has 0 spiro atoms. The van der Waals surface area contributed by atoms with Crippen LogP contribution in [0.4, 0.5) is 0 Å². The van der Waals surface area contributed by atoms with Gasteiger partial charge in [0.25, 0.3) is 5.91 Å². The maximum Gasteiger partial charge on any atom is 0.256 e. The number of hydrogen-bond acceptors (Lipinski definition) is 3. The average Bonchev–Trinajstić information content (AvgIpc) is 3.23. The molecule has 1 aliphatic rings. The molecular formula is C21H24ClN5O. The van der Waals surface area contributed by atoms with Gasteiger partial charge in [0.05, 0.1) is 5.56 Å². The zero-order valence-electron chi connectivity index (χ0n) is 16.3. The number of carbonyl (C=O) groups is 1. The molecule has 1 aliphatic heterocycles. The first-order valence-corrected chi connectivity index (χ1v) is 9.79. The summed E-state index contributed by atoms with van der Waals surface area (Å²) in [4.78, 5) is 19.9. The lowest BCUT2D eigenvalue weighted by Crippen LogP contribution is -2.49. The Morgan fingerprint density at radius 2 is 2.11 bits per heavy atom. The molecule has 0 aliphatic carbocycles. The van der Waals surface area contributed by atoms with Crippen LogP contribution in [0.5, 0.6) is 0 Å². The Bertz CT molecular complexity index is 1020. The number of imidazole rings is 1. The van der Waals surface area contributed by atoms with Crippen LogP contribution < -0.4 is 5.32 Å². The van der Waals surface area contributed by atoms with Crippen molar-refractivity contribution in [2.45, 2.75) is 19.9 Å². The van der Waals surface area contributed by atoms with Crippen LogP contribution in [0.1, 0.15) is 33.6 Å². The van der Waals surface area contributed by atoms with Crippen molar-refractivity contribution in [1.29, 1.82) is 0 Å². The Labute approximate surface area is 169 Å². The van der Waals surface area contributed by atoms with Gasteiger partial charge < -0.3 is 19.4 Å². The van der Waals surface area contributed by atoms with E-state index in [-0.39, 0.29) is 11.9 Å². The molecule has 2 aromatic heterocycles. The Hall–Kier alpha value is -2.57. The molecule has 1 saturated heterocycles. The third-order valence-electron chi connectivity index (χ3n) is 5.39. The number of benzene rings is 1. The summed E-state index contributed by atoms with van der Waals surface area (Å²) >= 11 is 6.18. The van der Waals surface area contributed by atoms with Crippen molar-refractivity contribution >= 4 is 17.5 Å². The Kier molecular flexibility index (Phi) is 5.00. The number of aromatic nitrogens is 3. The van der Waals surface area contributed by atoms with E-state index < -0.39 is 0 Å². The highest BCUT2D eigenvalue weighted by atomic mass is 35.5. The average molecular weight is 398 g/mol. The highest BCUT2D eigenvalue weighted by Crippen LogP contribution is 2.27.